The van der Waals surface area contributed by atoms with Gasteiger partial charge in [0.1, 0.15) is 6.04 Å². The molecule has 1 aromatic carbocycles. The highest BCUT2D eigenvalue weighted by Crippen LogP contribution is 2.36. The van der Waals surface area contributed by atoms with Gasteiger partial charge in [-0.3, -0.25) is 0 Å². The third kappa shape index (κ3) is 3.05. The lowest BCUT2D eigenvalue weighted by Gasteiger charge is -2.20. The van der Waals surface area contributed by atoms with Crippen LogP contribution in [0, 0.1) is 0 Å². The van der Waals surface area contributed by atoms with Crippen LogP contribution >= 0.6 is 0 Å². The Balaban J connectivity index is 2.17. The molecule has 0 aromatic heterocycles. The second-order valence-electron chi connectivity index (χ2n) is 5.03. The molecule has 100 valence electrons. The van der Waals surface area contributed by atoms with Crippen molar-refractivity contribution in [2.24, 2.45) is 5.73 Å². The molecule has 1 aliphatic rings. The highest BCUT2D eigenvalue weighted by atomic mass is 19.4. The Kier molecular flexibility index (Phi) is 3.95. The molecule has 1 saturated carbocycles. The molecule has 0 bridgehead atoms. The van der Waals surface area contributed by atoms with Gasteiger partial charge in [-0.05, 0) is 36.3 Å². The van der Waals surface area contributed by atoms with E-state index in [1.165, 1.54) is 12.8 Å². The Bertz CT molecular complexity index is 394. The highest BCUT2D eigenvalue weighted by molar-refractivity contribution is 5.32. The second kappa shape index (κ2) is 5.31. The molecule has 0 heterocycles. The van der Waals surface area contributed by atoms with E-state index in [0.717, 1.165) is 24.0 Å². The van der Waals surface area contributed by atoms with Crippen LogP contribution in [0.2, 0.25) is 0 Å². The predicted octanol–water partition coefficient (Wildman–Crippen LogP) is 3.78. The molecule has 1 unspecified atom stereocenters. The summed E-state index contributed by atoms with van der Waals surface area (Å²) in [6.45, 7) is 0. The van der Waals surface area contributed by atoms with Gasteiger partial charge < -0.3 is 5.73 Å². The summed E-state index contributed by atoms with van der Waals surface area (Å²) in [5.74, 6) is 0.418. The second-order valence-corrected chi connectivity index (χ2v) is 5.03. The lowest BCUT2D eigenvalue weighted by atomic mass is 9.90. The van der Waals surface area contributed by atoms with Crippen LogP contribution in [0.5, 0.6) is 0 Å². The summed E-state index contributed by atoms with van der Waals surface area (Å²) in [6.07, 6.45) is 0.0736. The minimum atomic E-state index is -4.32. The number of hydrogen-bond donors (Lipinski definition) is 1. The van der Waals surface area contributed by atoms with Gasteiger partial charge in [-0.2, -0.15) is 13.2 Å². The van der Waals surface area contributed by atoms with Gasteiger partial charge >= 0.3 is 6.18 Å². The Morgan fingerprint density at radius 3 is 2.39 bits per heavy atom. The third-order valence-corrected chi connectivity index (χ3v) is 3.71. The molecular formula is C14H18F3N. The SMILES string of the molecule is NC(Cc1ccccc1C1CCCC1)C(F)(F)F. The van der Waals surface area contributed by atoms with Gasteiger partial charge in [0.15, 0.2) is 0 Å². The largest absolute Gasteiger partial charge is 0.403 e. The normalized spacial score (nSPS) is 19.1. The van der Waals surface area contributed by atoms with Crippen molar-refractivity contribution in [3.05, 3.63) is 35.4 Å². The molecule has 1 nitrogen and oxygen atoms in total. The lowest BCUT2D eigenvalue weighted by Crippen LogP contribution is -2.39. The third-order valence-electron chi connectivity index (χ3n) is 3.71. The van der Waals surface area contributed by atoms with Gasteiger partial charge in [0, 0.05) is 0 Å². The first kappa shape index (κ1) is 13.4. The number of alkyl halides is 3. The zero-order chi connectivity index (χ0) is 13.2. The molecule has 2 N–H and O–H groups in total. The molecular weight excluding hydrogens is 239 g/mol. The summed E-state index contributed by atoms with van der Waals surface area (Å²) in [5, 5.41) is 0. The molecule has 0 amide bonds. The minimum Gasteiger partial charge on any atom is -0.320 e. The monoisotopic (exact) mass is 257 g/mol. The standard InChI is InChI=1S/C14H18F3N/c15-14(16,17)13(18)9-11-7-3-4-8-12(11)10-5-1-2-6-10/h3-4,7-8,10,13H,1-2,5-6,9,18H2. The summed E-state index contributed by atoms with van der Waals surface area (Å²) in [4.78, 5) is 0. The van der Waals surface area contributed by atoms with Crippen molar-refractivity contribution in [1.29, 1.82) is 0 Å². The van der Waals surface area contributed by atoms with Crippen LogP contribution in [0.25, 0.3) is 0 Å². The van der Waals surface area contributed by atoms with E-state index in [4.69, 9.17) is 5.73 Å². The van der Waals surface area contributed by atoms with Crippen molar-refractivity contribution in [1.82, 2.24) is 0 Å². The quantitative estimate of drug-likeness (QED) is 0.876. The van der Waals surface area contributed by atoms with E-state index >= 15 is 0 Å². The molecule has 0 saturated heterocycles. The van der Waals surface area contributed by atoms with E-state index in [1.54, 1.807) is 12.1 Å². The number of nitrogens with two attached hydrogens (primary N) is 1. The number of benzene rings is 1. The van der Waals surface area contributed by atoms with Crippen LogP contribution in [0.3, 0.4) is 0 Å². The van der Waals surface area contributed by atoms with E-state index < -0.39 is 12.2 Å². The summed E-state index contributed by atoms with van der Waals surface area (Å²) >= 11 is 0. The molecule has 1 aliphatic carbocycles. The van der Waals surface area contributed by atoms with Gasteiger partial charge in [-0.1, -0.05) is 37.1 Å². The molecule has 0 spiro atoms. The van der Waals surface area contributed by atoms with Crippen molar-refractivity contribution in [2.75, 3.05) is 0 Å². The number of rotatable bonds is 3. The fraction of sp³-hybridized carbons (Fsp3) is 0.571. The van der Waals surface area contributed by atoms with Gasteiger partial charge in [-0.25, -0.2) is 0 Å². The molecule has 0 radical (unpaired) electrons. The topological polar surface area (TPSA) is 26.0 Å². The summed E-state index contributed by atoms with van der Waals surface area (Å²) in [6, 6.07) is 5.65. The van der Waals surface area contributed by atoms with Gasteiger partial charge in [0.2, 0.25) is 0 Å². The van der Waals surface area contributed by atoms with Crippen molar-refractivity contribution in [3.8, 4) is 0 Å². The predicted molar refractivity (Wildman–Crippen MR) is 65.4 cm³/mol. The minimum absolute atomic E-state index is 0.115. The smallest absolute Gasteiger partial charge is 0.320 e. The molecule has 18 heavy (non-hydrogen) atoms. The van der Waals surface area contributed by atoms with Crippen LogP contribution in [0.1, 0.15) is 42.7 Å². The lowest BCUT2D eigenvalue weighted by molar-refractivity contribution is -0.147. The fourth-order valence-corrected chi connectivity index (χ4v) is 2.71. The first-order valence-corrected chi connectivity index (χ1v) is 6.38. The Morgan fingerprint density at radius 2 is 1.78 bits per heavy atom. The van der Waals surface area contributed by atoms with E-state index in [2.05, 4.69) is 0 Å². The molecule has 2 rings (SSSR count). The fourth-order valence-electron chi connectivity index (χ4n) is 2.71. The van der Waals surface area contributed by atoms with E-state index in [0.29, 0.717) is 5.92 Å². The number of halogens is 3. The van der Waals surface area contributed by atoms with Crippen molar-refractivity contribution in [2.45, 2.75) is 50.2 Å². The molecule has 0 aliphatic heterocycles. The first-order valence-electron chi connectivity index (χ1n) is 6.38. The summed E-state index contributed by atoms with van der Waals surface area (Å²) in [7, 11) is 0. The Morgan fingerprint density at radius 1 is 1.17 bits per heavy atom. The van der Waals surface area contributed by atoms with Crippen LogP contribution in [0.4, 0.5) is 13.2 Å². The van der Waals surface area contributed by atoms with Crippen molar-refractivity contribution < 1.29 is 13.2 Å². The zero-order valence-electron chi connectivity index (χ0n) is 10.2. The average molecular weight is 257 g/mol. The van der Waals surface area contributed by atoms with Gasteiger partial charge in [0.05, 0.1) is 0 Å². The summed E-state index contributed by atoms with van der Waals surface area (Å²) in [5.41, 5.74) is 7.05. The van der Waals surface area contributed by atoms with E-state index in [1.807, 2.05) is 12.1 Å². The maximum Gasteiger partial charge on any atom is 0.403 e. The molecule has 1 aromatic rings. The van der Waals surface area contributed by atoms with Crippen LogP contribution in [-0.2, 0) is 6.42 Å². The molecule has 1 fully saturated rings. The van der Waals surface area contributed by atoms with Crippen molar-refractivity contribution >= 4 is 0 Å². The molecule has 4 heteroatoms. The Labute approximate surface area is 105 Å². The maximum atomic E-state index is 12.5. The van der Waals surface area contributed by atoms with Crippen molar-refractivity contribution in [3.63, 3.8) is 0 Å². The van der Waals surface area contributed by atoms with Crippen LogP contribution in [-0.4, -0.2) is 12.2 Å². The maximum absolute atomic E-state index is 12.5. The summed E-state index contributed by atoms with van der Waals surface area (Å²) < 4.78 is 37.6. The van der Waals surface area contributed by atoms with Gasteiger partial charge in [-0.15, -0.1) is 0 Å². The molecule has 1 atom stereocenters. The first-order chi connectivity index (χ1) is 8.48. The Hall–Kier alpha value is -1.03. The highest BCUT2D eigenvalue weighted by Gasteiger charge is 2.37. The van der Waals surface area contributed by atoms with E-state index in [9.17, 15) is 13.2 Å². The number of hydrogen-bond acceptors (Lipinski definition) is 1. The van der Waals surface area contributed by atoms with E-state index in [-0.39, 0.29) is 6.42 Å². The zero-order valence-corrected chi connectivity index (χ0v) is 10.2. The van der Waals surface area contributed by atoms with Crippen LogP contribution < -0.4 is 5.73 Å². The average Bonchev–Trinajstić information content (AvgIpc) is 2.82. The van der Waals surface area contributed by atoms with Crippen LogP contribution in [0.15, 0.2) is 24.3 Å². The van der Waals surface area contributed by atoms with Gasteiger partial charge in [0.25, 0.3) is 0 Å².